The van der Waals surface area contributed by atoms with Gasteiger partial charge in [-0.1, -0.05) is 6.58 Å². The van der Waals surface area contributed by atoms with Crippen LogP contribution in [-0.2, 0) is 32.3 Å². The van der Waals surface area contributed by atoms with Gasteiger partial charge in [0.1, 0.15) is 13.2 Å². The van der Waals surface area contributed by atoms with Gasteiger partial charge < -0.3 is 28.1 Å². The first-order chi connectivity index (χ1) is 10.9. The summed E-state index contributed by atoms with van der Waals surface area (Å²) in [5, 5.41) is 2.96. The summed E-state index contributed by atoms with van der Waals surface area (Å²) in [4.78, 5) is 22.5. The van der Waals surface area contributed by atoms with Crippen LogP contribution in [-0.4, -0.2) is 68.4 Å². The molecule has 0 aromatic rings. The molecule has 0 fully saturated rings. The van der Waals surface area contributed by atoms with Crippen LogP contribution in [0.5, 0.6) is 0 Å². The maximum atomic E-state index is 11.4. The van der Waals surface area contributed by atoms with Crippen molar-refractivity contribution >= 4 is 20.7 Å². The van der Waals surface area contributed by atoms with E-state index in [0.29, 0.717) is 18.2 Å². The highest BCUT2D eigenvalue weighted by atomic mass is 28.4. The SMILES string of the molecule is C=C(C)C(=O)OCCOC(=O)CNCCC[Si](OC)(OC)OC. The lowest BCUT2D eigenvalue weighted by atomic mass is 10.4. The van der Waals surface area contributed by atoms with Crippen LogP contribution in [0.4, 0.5) is 0 Å². The molecule has 0 aromatic heterocycles. The Morgan fingerprint density at radius 3 is 2.13 bits per heavy atom. The van der Waals surface area contributed by atoms with E-state index in [2.05, 4.69) is 11.9 Å². The van der Waals surface area contributed by atoms with E-state index < -0.39 is 20.7 Å². The summed E-state index contributed by atoms with van der Waals surface area (Å²) in [6, 6.07) is 0.648. The van der Waals surface area contributed by atoms with E-state index in [1.165, 1.54) is 0 Å². The van der Waals surface area contributed by atoms with Crippen LogP contribution in [0.2, 0.25) is 6.04 Å². The fraction of sp³-hybridized carbons (Fsp3) is 0.714. The Bertz CT molecular complexity index is 377. The van der Waals surface area contributed by atoms with Crippen LogP contribution in [0.1, 0.15) is 13.3 Å². The van der Waals surface area contributed by atoms with Gasteiger partial charge in [-0.3, -0.25) is 4.79 Å². The predicted molar refractivity (Wildman–Crippen MR) is 85.8 cm³/mol. The summed E-state index contributed by atoms with van der Waals surface area (Å²) in [6.07, 6.45) is 0.741. The van der Waals surface area contributed by atoms with E-state index in [-0.39, 0.29) is 19.8 Å². The lowest BCUT2D eigenvalue weighted by Gasteiger charge is -2.24. The van der Waals surface area contributed by atoms with Crippen LogP contribution >= 0.6 is 0 Å². The van der Waals surface area contributed by atoms with Gasteiger partial charge in [0.2, 0.25) is 0 Å². The first-order valence-electron chi connectivity index (χ1n) is 7.25. The van der Waals surface area contributed by atoms with Gasteiger partial charge in [0.15, 0.2) is 0 Å². The molecule has 0 heterocycles. The van der Waals surface area contributed by atoms with Gasteiger partial charge in [0.05, 0.1) is 6.54 Å². The molecule has 0 radical (unpaired) electrons. The molecule has 0 saturated carbocycles. The number of carbonyl (C=O) groups is 2. The summed E-state index contributed by atoms with van der Waals surface area (Å²) < 4.78 is 25.6. The molecule has 9 heteroatoms. The number of rotatable bonds is 13. The molecule has 0 bridgehead atoms. The maximum Gasteiger partial charge on any atom is 0.500 e. The average molecular weight is 349 g/mol. The van der Waals surface area contributed by atoms with Crippen molar-refractivity contribution in [1.82, 2.24) is 5.32 Å². The summed E-state index contributed by atoms with van der Waals surface area (Å²) in [5.41, 5.74) is 0.306. The van der Waals surface area contributed by atoms with Gasteiger partial charge in [-0.25, -0.2) is 4.79 Å². The third-order valence-corrected chi connectivity index (χ3v) is 5.80. The van der Waals surface area contributed by atoms with Crippen molar-refractivity contribution in [3.05, 3.63) is 12.2 Å². The smallest absolute Gasteiger partial charge is 0.461 e. The number of ether oxygens (including phenoxy) is 2. The normalized spacial score (nSPS) is 11.1. The van der Waals surface area contributed by atoms with Gasteiger partial charge in [0.25, 0.3) is 0 Å². The predicted octanol–water partition coefficient (Wildman–Crippen LogP) is 0.507. The quantitative estimate of drug-likeness (QED) is 0.222. The zero-order valence-electron chi connectivity index (χ0n) is 14.3. The molecule has 0 saturated heterocycles. The van der Waals surface area contributed by atoms with Crippen LogP contribution in [0.25, 0.3) is 0 Å². The molecule has 0 spiro atoms. The Labute approximate surface area is 138 Å². The summed E-state index contributed by atoms with van der Waals surface area (Å²) in [5.74, 6) is -0.911. The second-order valence-electron chi connectivity index (χ2n) is 4.71. The fourth-order valence-electron chi connectivity index (χ4n) is 1.64. The third-order valence-electron chi connectivity index (χ3n) is 2.97. The van der Waals surface area contributed by atoms with E-state index in [0.717, 1.165) is 6.42 Å². The van der Waals surface area contributed by atoms with Crippen molar-refractivity contribution in [3.63, 3.8) is 0 Å². The second kappa shape index (κ2) is 12.2. The Hall–Kier alpha value is -1.26. The molecule has 0 aliphatic heterocycles. The molecular formula is C14H27NO7Si. The molecule has 0 amide bonds. The van der Waals surface area contributed by atoms with Crippen molar-refractivity contribution in [2.75, 3.05) is 47.6 Å². The zero-order valence-corrected chi connectivity index (χ0v) is 15.3. The number of esters is 2. The van der Waals surface area contributed by atoms with E-state index in [4.69, 9.17) is 22.8 Å². The minimum absolute atomic E-state index is 0.0150. The minimum Gasteiger partial charge on any atom is -0.461 e. The number of hydrogen-bond acceptors (Lipinski definition) is 8. The largest absolute Gasteiger partial charge is 0.500 e. The maximum absolute atomic E-state index is 11.4. The number of carbonyl (C=O) groups excluding carboxylic acids is 2. The summed E-state index contributed by atoms with van der Waals surface area (Å²) in [7, 11) is 2.13. The first kappa shape index (κ1) is 21.7. The molecule has 8 nitrogen and oxygen atoms in total. The highest BCUT2D eigenvalue weighted by Crippen LogP contribution is 2.14. The van der Waals surface area contributed by atoms with E-state index >= 15 is 0 Å². The van der Waals surface area contributed by atoms with E-state index in [1.807, 2.05) is 0 Å². The Kier molecular flexibility index (Phi) is 11.5. The van der Waals surface area contributed by atoms with E-state index in [9.17, 15) is 9.59 Å². The molecule has 23 heavy (non-hydrogen) atoms. The highest BCUT2D eigenvalue weighted by Gasteiger charge is 2.36. The van der Waals surface area contributed by atoms with Gasteiger partial charge in [-0.15, -0.1) is 0 Å². The number of hydrogen-bond donors (Lipinski definition) is 1. The van der Waals surface area contributed by atoms with Gasteiger partial charge in [0, 0.05) is 32.9 Å². The Morgan fingerprint density at radius 2 is 1.61 bits per heavy atom. The van der Waals surface area contributed by atoms with Crippen molar-refractivity contribution in [3.8, 4) is 0 Å². The Morgan fingerprint density at radius 1 is 1.04 bits per heavy atom. The molecular weight excluding hydrogens is 322 g/mol. The Balaban J connectivity index is 3.68. The first-order valence-corrected chi connectivity index (χ1v) is 9.18. The average Bonchev–Trinajstić information content (AvgIpc) is 2.55. The van der Waals surface area contributed by atoms with Crippen molar-refractivity contribution < 1.29 is 32.3 Å². The highest BCUT2D eigenvalue weighted by molar-refractivity contribution is 6.60. The van der Waals surface area contributed by atoms with Crippen molar-refractivity contribution in [2.24, 2.45) is 0 Å². The van der Waals surface area contributed by atoms with Crippen LogP contribution in [0, 0.1) is 0 Å². The second-order valence-corrected chi connectivity index (χ2v) is 7.80. The summed E-state index contributed by atoms with van der Waals surface area (Å²) >= 11 is 0. The topological polar surface area (TPSA) is 92.3 Å². The molecule has 1 N–H and O–H groups in total. The number of nitrogens with one attached hydrogen (secondary N) is 1. The minimum atomic E-state index is -2.55. The van der Waals surface area contributed by atoms with Gasteiger partial charge in [-0.05, 0) is 19.9 Å². The summed E-state index contributed by atoms with van der Waals surface area (Å²) in [6.45, 7) is 5.71. The molecule has 0 rings (SSSR count). The van der Waals surface area contributed by atoms with Crippen LogP contribution in [0.3, 0.4) is 0 Å². The molecule has 134 valence electrons. The molecule has 0 aromatic carbocycles. The molecule has 0 aliphatic carbocycles. The zero-order chi connectivity index (χ0) is 17.7. The van der Waals surface area contributed by atoms with E-state index in [1.54, 1.807) is 28.3 Å². The van der Waals surface area contributed by atoms with Crippen LogP contribution < -0.4 is 5.32 Å². The van der Waals surface area contributed by atoms with Crippen molar-refractivity contribution in [1.29, 1.82) is 0 Å². The lowest BCUT2D eigenvalue weighted by Crippen LogP contribution is -2.43. The standard InChI is InChI=1S/C14H27NO7Si/c1-12(2)14(17)22-9-8-21-13(16)11-15-7-6-10-23(18-3,19-4)20-5/h15H,1,6-11H2,2-5H3. The van der Waals surface area contributed by atoms with Gasteiger partial charge in [-0.2, -0.15) is 0 Å². The van der Waals surface area contributed by atoms with Crippen LogP contribution in [0.15, 0.2) is 12.2 Å². The molecule has 0 aliphatic rings. The lowest BCUT2D eigenvalue weighted by molar-refractivity contribution is -0.149. The molecule has 0 unspecified atom stereocenters. The van der Waals surface area contributed by atoms with Gasteiger partial charge >= 0.3 is 20.7 Å². The van der Waals surface area contributed by atoms with Crippen molar-refractivity contribution in [2.45, 2.75) is 19.4 Å². The third kappa shape index (κ3) is 9.46. The molecule has 0 atom stereocenters. The monoisotopic (exact) mass is 349 g/mol. The fourth-order valence-corrected chi connectivity index (χ4v) is 3.36.